The van der Waals surface area contributed by atoms with E-state index in [1.807, 2.05) is 11.6 Å². The minimum absolute atomic E-state index is 0.161. The van der Waals surface area contributed by atoms with Crippen LogP contribution in [0.15, 0.2) is 47.4 Å². The van der Waals surface area contributed by atoms with E-state index in [-0.39, 0.29) is 4.90 Å². The molecule has 0 heterocycles. The molecule has 0 fully saturated rings. The fourth-order valence-electron chi connectivity index (χ4n) is 1.89. The van der Waals surface area contributed by atoms with E-state index in [2.05, 4.69) is 0 Å². The highest BCUT2D eigenvalue weighted by atomic mass is 32.2. The Morgan fingerprint density at radius 1 is 1.04 bits per heavy atom. The molecule has 0 amide bonds. The molecular weight excluding hydrogens is 334 g/mol. The lowest BCUT2D eigenvalue weighted by molar-refractivity contribution is -0.137. The summed E-state index contributed by atoms with van der Waals surface area (Å²) in [7, 11) is -4.18. The summed E-state index contributed by atoms with van der Waals surface area (Å²) >= 11 is 0. The van der Waals surface area contributed by atoms with Gasteiger partial charge in [-0.3, -0.25) is 4.72 Å². The molecule has 23 heavy (non-hydrogen) atoms. The summed E-state index contributed by atoms with van der Waals surface area (Å²) in [6, 6.07) is 7.32. The van der Waals surface area contributed by atoms with Gasteiger partial charge in [0.1, 0.15) is 5.82 Å². The van der Waals surface area contributed by atoms with Gasteiger partial charge < -0.3 is 0 Å². The van der Waals surface area contributed by atoms with Crippen molar-refractivity contribution in [1.82, 2.24) is 0 Å². The molecule has 124 valence electrons. The van der Waals surface area contributed by atoms with Gasteiger partial charge in [0.15, 0.2) is 0 Å². The van der Waals surface area contributed by atoms with Crippen molar-refractivity contribution in [2.75, 3.05) is 4.72 Å². The molecule has 0 saturated heterocycles. The van der Waals surface area contributed by atoms with Gasteiger partial charge in [0, 0.05) is 0 Å². The Balaban J connectivity index is 2.36. The molecule has 0 radical (unpaired) electrons. The highest BCUT2D eigenvalue weighted by molar-refractivity contribution is 7.92. The first-order chi connectivity index (χ1) is 10.6. The Kier molecular flexibility index (Phi) is 4.65. The molecule has 2 aromatic rings. The molecule has 0 aliphatic carbocycles. The first-order valence-corrected chi connectivity index (χ1v) is 8.10. The number of alkyl halides is 3. The molecule has 1 N–H and O–H groups in total. The maximum absolute atomic E-state index is 13.6. The summed E-state index contributed by atoms with van der Waals surface area (Å²) in [5, 5.41) is 0. The van der Waals surface area contributed by atoms with Gasteiger partial charge in [-0.2, -0.15) is 13.2 Å². The molecule has 0 atom stereocenters. The van der Waals surface area contributed by atoms with Gasteiger partial charge in [-0.05, 0) is 42.3 Å². The Morgan fingerprint density at radius 3 is 2.17 bits per heavy atom. The van der Waals surface area contributed by atoms with Crippen LogP contribution in [0, 0.1) is 5.82 Å². The van der Waals surface area contributed by atoms with Crippen LogP contribution in [0.3, 0.4) is 0 Å². The molecule has 0 bridgehead atoms. The summed E-state index contributed by atoms with van der Waals surface area (Å²) < 4.78 is 77.7. The van der Waals surface area contributed by atoms with Crippen molar-refractivity contribution in [3.63, 3.8) is 0 Å². The van der Waals surface area contributed by atoms with E-state index in [1.54, 1.807) is 12.1 Å². The lowest BCUT2D eigenvalue weighted by Crippen LogP contribution is -2.15. The van der Waals surface area contributed by atoms with Gasteiger partial charge in [-0.25, -0.2) is 12.8 Å². The lowest BCUT2D eigenvalue weighted by Gasteiger charge is -2.12. The number of benzene rings is 2. The predicted molar refractivity (Wildman–Crippen MR) is 78.0 cm³/mol. The van der Waals surface area contributed by atoms with Crippen LogP contribution in [0.5, 0.6) is 0 Å². The molecule has 0 aliphatic rings. The van der Waals surface area contributed by atoms with Crippen molar-refractivity contribution in [3.05, 3.63) is 59.4 Å². The summed E-state index contributed by atoms with van der Waals surface area (Å²) in [6.07, 6.45) is -3.99. The van der Waals surface area contributed by atoms with Crippen molar-refractivity contribution in [2.24, 2.45) is 0 Å². The molecule has 3 nitrogen and oxygen atoms in total. The number of nitrogens with one attached hydrogen (secondary N) is 1. The van der Waals surface area contributed by atoms with Gasteiger partial charge >= 0.3 is 6.18 Å². The molecule has 0 saturated carbocycles. The molecule has 0 aromatic heterocycles. The number of halogens is 4. The van der Waals surface area contributed by atoms with Crippen molar-refractivity contribution in [1.29, 1.82) is 0 Å². The molecule has 0 unspecified atom stereocenters. The zero-order valence-electron chi connectivity index (χ0n) is 12.0. The smallest absolute Gasteiger partial charge is 0.277 e. The fraction of sp³-hybridized carbons (Fsp3) is 0.200. The summed E-state index contributed by atoms with van der Waals surface area (Å²) in [5.74, 6) is -1.09. The van der Waals surface area contributed by atoms with Crippen LogP contribution in [0.1, 0.15) is 18.1 Å². The third kappa shape index (κ3) is 4.01. The highest BCUT2D eigenvalue weighted by Gasteiger charge is 2.31. The van der Waals surface area contributed by atoms with E-state index in [1.165, 1.54) is 12.1 Å². The SMILES string of the molecule is CCc1ccc(S(=O)(=O)Nc2cc(C(F)(F)F)ccc2F)cc1. The lowest BCUT2D eigenvalue weighted by atomic mass is 10.2. The van der Waals surface area contributed by atoms with Crippen LogP contribution in [-0.4, -0.2) is 8.42 Å². The molecule has 0 aliphatic heterocycles. The van der Waals surface area contributed by atoms with Gasteiger partial charge in [0.05, 0.1) is 16.1 Å². The maximum atomic E-state index is 13.6. The van der Waals surface area contributed by atoms with E-state index < -0.39 is 33.3 Å². The summed E-state index contributed by atoms with van der Waals surface area (Å²) in [6.45, 7) is 1.89. The van der Waals surface area contributed by atoms with Gasteiger partial charge in [-0.15, -0.1) is 0 Å². The third-order valence-electron chi connectivity index (χ3n) is 3.18. The van der Waals surface area contributed by atoms with E-state index >= 15 is 0 Å². The Labute approximate surface area is 131 Å². The van der Waals surface area contributed by atoms with Crippen molar-refractivity contribution < 1.29 is 26.0 Å². The highest BCUT2D eigenvalue weighted by Crippen LogP contribution is 2.32. The second kappa shape index (κ2) is 6.19. The Bertz CT molecular complexity index is 799. The fourth-order valence-corrected chi connectivity index (χ4v) is 2.95. The zero-order valence-corrected chi connectivity index (χ0v) is 12.8. The average Bonchev–Trinajstić information content (AvgIpc) is 2.48. The maximum Gasteiger partial charge on any atom is 0.416 e. The number of sulfonamides is 1. The normalized spacial score (nSPS) is 12.2. The first kappa shape index (κ1) is 17.3. The van der Waals surface area contributed by atoms with Gasteiger partial charge in [0.25, 0.3) is 10.0 Å². The molecule has 2 aromatic carbocycles. The van der Waals surface area contributed by atoms with Crippen LogP contribution in [0.2, 0.25) is 0 Å². The monoisotopic (exact) mass is 347 g/mol. The minimum Gasteiger partial charge on any atom is -0.277 e. The average molecular weight is 347 g/mol. The van der Waals surface area contributed by atoms with Crippen LogP contribution in [-0.2, 0) is 22.6 Å². The van der Waals surface area contributed by atoms with E-state index in [0.29, 0.717) is 24.6 Å². The Morgan fingerprint density at radius 2 is 1.65 bits per heavy atom. The zero-order chi connectivity index (χ0) is 17.3. The predicted octanol–water partition coefficient (Wildman–Crippen LogP) is 4.21. The number of hydrogen-bond donors (Lipinski definition) is 1. The van der Waals surface area contributed by atoms with Crippen molar-refractivity contribution >= 4 is 15.7 Å². The number of rotatable bonds is 4. The molecule has 2 rings (SSSR count). The standard InChI is InChI=1S/C15H13F4NO2S/c1-2-10-3-6-12(7-4-10)23(21,22)20-14-9-11(15(17,18)19)5-8-13(14)16/h3-9,20H,2H2,1H3. The third-order valence-corrected chi connectivity index (χ3v) is 4.56. The second-order valence-corrected chi connectivity index (χ2v) is 6.48. The van der Waals surface area contributed by atoms with Crippen LogP contribution >= 0.6 is 0 Å². The number of aryl methyl sites for hydroxylation is 1. The van der Waals surface area contributed by atoms with Gasteiger partial charge in [0.2, 0.25) is 0 Å². The summed E-state index contributed by atoms with van der Waals surface area (Å²) in [5.41, 5.74) is -0.994. The van der Waals surface area contributed by atoms with Crippen LogP contribution in [0.4, 0.5) is 23.2 Å². The Hall–Kier alpha value is -2.09. The van der Waals surface area contributed by atoms with E-state index in [4.69, 9.17) is 0 Å². The van der Waals surface area contributed by atoms with E-state index in [9.17, 15) is 26.0 Å². The quantitative estimate of drug-likeness (QED) is 0.842. The van der Waals surface area contributed by atoms with Crippen LogP contribution < -0.4 is 4.72 Å². The summed E-state index contributed by atoms with van der Waals surface area (Å²) in [4.78, 5) is -0.161. The van der Waals surface area contributed by atoms with Crippen molar-refractivity contribution in [3.8, 4) is 0 Å². The second-order valence-electron chi connectivity index (χ2n) is 4.80. The molecular formula is C15H13F4NO2S. The van der Waals surface area contributed by atoms with E-state index in [0.717, 1.165) is 5.56 Å². The minimum atomic E-state index is -4.70. The van der Waals surface area contributed by atoms with Crippen LogP contribution in [0.25, 0.3) is 0 Å². The first-order valence-electron chi connectivity index (χ1n) is 6.62. The topological polar surface area (TPSA) is 46.2 Å². The molecule has 0 spiro atoms. The van der Waals surface area contributed by atoms with Crippen molar-refractivity contribution in [2.45, 2.75) is 24.4 Å². The largest absolute Gasteiger partial charge is 0.416 e. The number of anilines is 1. The molecule has 8 heteroatoms. The van der Waals surface area contributed by atoms with Gasteiger partial charge in [-0.1, -0.05) is 19.1 Å². The number of hydrogen-bond acceptors (Lipinski definition) is 2.